The third-order valence-electron chi connectivity index (χ3n) is 2.57. The number of dihydropyridines is 1. The molecule has 0 atom stereocenters. The SMILES string of the molecule is CC1=C(CCC=O)CC(C(=O)O)=C(C)N1. The lowest BCUT2D eigenvalue weighted by Gasteiger charge is -2.21. The molecule has 0 aromatic rings. The fourth-order valence-corrected chi connectivity index (χ4v) is 1.67. The van der Waals surface area contributed by atoms with Gasteiger partial charge in [0.1, 0.15) is 6.29 Å². The number of aldehydes is 1. The van der Waals surface area contributed by atoms with Gasteiger partial charge in [0.05, 0.1) is 5.57 Å². The zero-order valence-electron chi connectivity index (χ0n) is 8.96. The first-order chi connectivity index (χ1) is 7.06. The molecule has 1 aliphatic rings. The highest BCUT2D eigenvalue weighted by molar-refractivity contribution is 5.88. The molecule has 1 rings (SSSR count). The number of carboxylic acid groups (broad SMARTS) is 1. The summed E-state index contributed by atoms with van der Waals surface area (Å²) in [4.78, 5) is 21.2. The van der Waals surface area contributed by atoms with Crippen molar-refractivity contribution in [1.82, 2.24) is 5.32 Å². The van der Waals surface area contributed by atoms with E-state index in [0.29, 0.717) is 30.5 Å². The molecule has 0 aliphatic carbocycles. The van der Waals surface area contributed by atoms with Crippen LogP contribution in [0.25, 0.3) is 0 Å². The Kier molecular flexibility index (Phi) is 3.66. The maximum absolute atomic E-state index is 10.9. The standard InChI is InChI=1S/C11H15NO3/c1-7-9(4-3-5-13)6-10(11(14)15)8(2)12-7/h5,12H,3-4,6H2,1-2H3,(H,14,15). The molecule has 0 saturated heterocycles. The van der Waals surface area contributed by atoms with Crippen molar-refractivity contribution in [2.24, 2.45) is 0 Å². The van der Waals surface area contributed by atoms with Crippen molar-refractivity contribution < 1.29 is 14.7 Å². The van der Waals surface area contributed by atoms with Gasteiger partial charge in [-0.25, -0.2) is 4.79 Å². The molecule has 0 aromatic heterocycles. The Hall–Kier alpha value is -1.58. The van der Waals surface area contributed by atoms with E-state index in [1.165, 1.54) is 0 Å². The molecule has 1 heterocycles. The predicted molar refractivity (Wildman–Crippen MR) is 56.1 cm³/mol. The average Bonchev–Trinajstić information content (AvgIpc) is 2.16. The van der Waals surface area contributed by atoms with Crippen LogP contribution in [0.1, 0.15) is 33.1 Å². The van der Waals surface area contributed by atoms with Gasteiger partial charge in [-0.2, -0.15) is 0 Å². The summed E-state index contributed by atoms with van der Waals surface area (Å²) in [5, 5.41) is 12.0. The minimum absolute atomic E-state index is 0.390. The van der Waals surface area contributed by atoms with E-state index in [9.17, 15) is 9.59 Å². The molecule has 0 aromatic carbocycles. The number of nitrogens with one attached hydrogen (secondary N) is 1. The minimum atomic E-state index is -0.892. The Morgan fingerprint density at radius 3 is 2.67 bits per heavy atom. The smallest absolute Gasteiger partial charge is 0.333 e. The number of aliphatic carboxylic acids is 1. The summed E-state index contributed by atoms with van der Waals surface area (Å²) in [6.45, 7) is 3.66. The summed E-state index contributed by atoms with van der Waals surface area (Å²) in [5.41, 5.74) is 3.06. The Labute approximate surface area is 88.7 Å². The molecule has 2 N–H and O–H groups in total. The predicted octanol–water partition coefficient (Wildman–Crippen LogP) is 1.59. The summed E-state index contributed by atoms with van der Waals surface area (Å²) in [6, 6.07) is 0. The fourth-order valence-electron chi connectivity index (χ4n) is 1.67. The Morgan fingerprint density at radius 2 is 2.13 bits per heavy atom. The fraction of sp³-hybridized carbons (Fsp3) is 0.455. The molecule has 4 nitrogen and oxygen atoms in total. The lowest BCUT2D eigenvalue weighted by Crippen LogP contribution is -2.22. The molecule has 0 amide bonds. The number of allylic oxidation sites excluding steroid dienone is 3. The van der Waals surface area contributed by atoms with E-state index in [0.717, 1.165) is 17.6 Å². The van der Waals surface area contributed by atoms with E-state index in [1.54, 1.807) is 6.92 Å². The minimum Gasteiger partial charge on any atom is -0.478 e. The number of carbonyl (C=O) groups is 2. The van der Waals surface area contributed by atoms with Crippen molar-refractivity contribution in [3.63, 3.8) is 0 Å². The van der Waals surface area contributed by atoms with Crippen molar-refractivity contribution in [2.75, 3.05) is 0 Å². The van der Waals surface area contributed by atoms with E-state index >= 15 is 0 Å². The normalized spacial score (nSPS) is 16.4. The van der Waals surface area contributed by atoms with Crippen LogP contribution in [-0.2, 0) is 9.59 Å². The molecule has 1 aliphatic heterocycles. The lowest BCUT2D eigenvalue weighted by atomic mass is 9.95. The van der Waals surface area contributed by atoms with Gasteiger partial charge in [-0.1, -0.05) is 0 Å². The second-order valence-corrected chi connectivity index (χ2v) is 3.64. The third-order valence-corrected chi connectivity index (χ3v) is 2.57. The van der Waals surface area contributed by atoms with E-state index in [2.05, 4.69) is 5.32 Å². The summed E-state index contributed by atoms with van der Waals surface area (Å²) in [5.74, 6) is -0.892. The maximum Gasteiger partial charge on any atom is 0.333 e. The van der Waals surface area contributed by atoms with Gasteiger partial charge in [0, 0.05) is 24.2 Å². The van der Waals surface area contributed by atoms with Crippen molar-refractivity contribution in [3.05, 3.63) is 22.5 Å². The molecule has 0 fully saturated rings. The Morgan fingerprint density at radius 1 is 1.47 bits per heavy atom. The third kappa shape index (κ3) is 2.68. The summed E-state index contributed by atoms with van der Waals surface area (Å²) in [7, 11) is 0. The Balaban J connectivity index is 2.80. The van der Waals surface area contributed by atoms with Crippen LogP contribution in [0.3, 0.4) is 0 Å². The van der Waals surface area contributed by atoms with Gasteiger partial charge < -0.3 is 15.2 Å². The zero-order valence-corrected chi connectivity index (χ0v) is 8.96. The Bertz CT molecular complexity index is 353. The first kappa shape index (κ1) is 11.5. The average molecular weight is 209 g/mol. The van der Waals surface area contributed by atoms with E-state index in [1.807, 2.05) is 6.92 Å². The van der Waals surface area contributed by atoms with Gasteiger partial charge in [-0.15, -0.1) is 0 Å². The highest BCUT2D eigenvalue weighted by Gasteiger charge is 2.19. The monoisotopic (exact) mass is 209 g/mol. The number of hydrogen-bond acceptors (Lipinski definition) is 3. The molecule has 4 heteroatoms. The first-order valence-electron chi connectivity index (χ1n) is 4.88. The molecule has 0 saturated carbocycles. The highest BCUT2D eigenvalue weighted by Crippen LogP contribution is 2.25. The van der Waals surface area contributed by atoms with Gasteiger partial charge in [-0.05, 0) is 25.8 Å². The summed E-state index contributed by atoms with van der Waals surface area (Å²) in [6.07, 6.45) is 2.37. The zero-order chi connectivity index (χ0) is 11.4. The first-order valence-corrected chi connectivity index (χ1v) is 4.88. The molecular weight excluding hydrogens is 194 g/mol. The quantitative estimate of drug-likeness (QED) is 0.690. The van der Waals surface area contributed by atoms with Crippen LogP contribution in [0, 0.1) is 0 Å². The summed E-state index contributed by atoms with van der Waals surface area (Å²) >= 11 is 0. The van der Waals surface area contributed by atoms with Gasteiger partial charge in [0.25, 0.3) is 0 Å². The largest absolute Gasteiger partial charge is 0.478 e. The van der Waals surface area contributed by atoms with Gasteiger partial charge in [-0.3, -0.25) is 0 Å². The van der Waals surface area contributed by atoms with E-state index in [-0.39, 0.29) is 0 Å². The molecule has 0 unspecified atom stereocenters. The van der Waals surface area contributed by atoms with Crippen LogP contribution < -0.4 is 5.32 Å². The van der Waals surface area contributed by atoms with Crippen LogP contribution in [0.2, 0.25) is 0 Å². The molecule has 82 valence electrons. The molecular formula is C11H15NO3. The number of carboxylic acids is 1. The second-order valence-electron chi connectivity index (χ2n) is 3.64. The maximum atomic E-state index is 10.9. The summed E-state index contributed by atoms with van der Waals surface area (Å²) < 4.78 is 0. The van der Waals surface area contributed by atoms with Crippen molar-refractivity contribution in [3.8, 4) is 0 Å². The second kappa shape index (κ2) is 4.77. The molecule has 0 radical (unpaired) electrons. The van der Waals surface area contributed by atoms with Crippen LogP contribution in [0.5, 0.6) is 0 Å². The highest BCUT2D eigenvalue weighted by atomic mass is 16.4. The van der Waals surface area contributed by atoms with Gasteiger partial charge >= 0.3 is 5.97 Å². The van der Waals surface area contributed by atoms with Crippen LogP contribution in [-0.4, -0.2) is 17.4 Å². The van der Waals surface area contributed by atoms with Crippen molar-refractivity contribution in [2.45, 2.75) is 33.1 Å². The van der Waals surface area contributed by atoms with Crippen LogP contribution in [0.15, 0.2) is 22.5 Å². The van der Waals surface area contributed by atoms with Gasteiger partial charge in [0.2, 0.25) is 0 Å². The van der Waals surface area contributed by atoms with E-state index in [4.69, 9.17) is 5.11 Å². The number of hydrogen-bond donors (Lipinski definition) is 2. The van der Waals surface area contributed by atoms with Gasteiger partial charge in [0.15, 0.2) is 0 Å². The molecule has 15 heavy (non-hydrogen) atoms. The topological polar surface area (TPSA) is 66.4 Å². The van der Waals surface area contributed by atoms with E-state index < -0.39 is 5.97 Å². The molecule has 0 bridgehead atoms. The molecule has 0 spiro atoms. The van der Waals surface area contributed by atoms with Crippen LogP contribution >= 0.6 is 0 Å². The lowest BCUT2D eigenvalue weighted by molar-refractivity contribution is -0.132. The van der Waals surface area contributed by atoms with Crippen molar-refractivity contribution in [1.29, 1.82) is 0 Å². The number of carbonyl (C=O) groups excluding carboxylic acids is 1. The number of rotatable bonds is 4. The van der Waals surface area contributed by atoms with Crippen LogP contribution in [0.4, 0.5) is 0 Å². The van der Waals surface area contributed by atoms with Crippen molar-refractivity contribution >= 4 is 12.3 Å².